The summed E-state index contributed by atoms with van der Waals surface area (Å²) >= 11 is 0. The molecule has 0 spiro atoms. The van der Waals surface area contributed by atoms with Gasteiger partial charge in [-0.15, -0.1) is 0 Å². The number of hydrogen-bond acceptors (Lipinski definition) is 5. The second-order valence-electron chi connectivity index (χ2n) is 4.32. The predicted molar refractivity (Wildman–Crippen MR) is 73.1 cm³/mol. The smallest absolute Gasteiger partial charge is 0.131 e. The lowest BCUT2D eigenvalue weighted by Gasteiger charge is -2.09. The van der Waals surface area contributed by atoms with E-state index >= 15 is 0 Å². The molecule has 5 heteroatoms. The maximum atomic E-state index is 8.92. The number of pyridine rings is 1. The summed E-state index contributed by atoms with van der Waals surface area (Å²) in [5, 5.41) is 8.92. The van der Waals surface area contributed by atoms with Crippen molar-refractivity contribution in [1.82, 2.24) is 15.0 Å². The van der Waals surface area contributed by atoms with Gasteiger partial charge in [-0.1, -0.05) is 6.92 Å². The summed E-state index contributed by atoms with van der Waals surface area (Å²) in [6, 6.07) is 3.84. The Hall–Kier alpha value is -2.48. The van der Waals surface area contributed by atoms with Gasteiger partial charge < -0.3 is 5.73 Å². The first-order valence-corrected chi connectivity index (χ1v) is 6.14. The van der Waals surface area contributed by atoms with E-state index in [4.69, 9.17) is 11.0 Å². The fourth-order valence-electron chi connectivity index (χ4n) is 1.83. The number of nitrogens with zero attached hydrogens (tertiary/aromatic N) is 4. The zero-order chi connectivity index (χ0) is 13.8. The van der Waals surface area contributed by atoms with Crippen molar-refractivity contribution >= 4 is 5.82 Å². The first-order valence-electron chi connectivity index (χ1n) is 6.14. The van der Waals surface area contributed by atoms with Gasteiger partial charge in [-0.25, -0.2) is 9.97 Å². The lowest BCUT2D eigenvalue weighted by molar-refractivity contribution is 0.836. The molecule has 0 atom stereocenters. The quantitative estimate of drug-likeness (QED) is 0.906. The number of aryl methyl sites for hydroxylation is 1. The molecule has 2 heterocycles. The molecule has 96 valence electrons. The molecule has 0 radical (unpaired) electrons. The highest BCUT2D eigenvalue weighted by atomic mass is 15.0. The number of nitrogen functional groups attached to an aromatic ring is 1. The van der Waals surface area contributed by atoms with Crippen molar-refractivity contribution in [3.8, 4) is 17.3 Å². The molecule has 0 unspecified atom stereocenters. The highest BCUT2D eigenvalue weighted by molar-refractivity contribution is 5.67. The summed E-state index contributed by atoms with van der Waals surface area (Å²) in [6.45, 7) is 3.94. The van der Waals surface area contributed by atoms with E-state index in [1.165, 1.54) is 6.20 Å². The van der Waals surface area contributed by atoms with Crippen LogP contribution < -0.4 is 5.73 Å². The molecule has 0 aliphatic rings. The fourth-order valence-corrected chi connectivity index (χ4v) is 1.83. The summed E-state index contributed by atoms with van der Waals surface area (Å²) in [4.78, 5) is 12.9. The van der Waals surface area contributed by atoms with Gasteiger partial charge >= 0.3 is 0 Å². The van der Waals surface area contributed by atoms with Crippen LogP contribution in [0.25, 0.3) is 11.3 Å². The van der Waals surface area contributed by atoms with Crippen LogP contribution in [-0.2, 0) is 6.42 Å². The minimum atomic E-state index is 0.482. The van der Waals surface area contributed by atoms with Crippen molar-refractivity contribution in [1.29, 1.82) is 5.26 Å². The average molecular weight is 253 g/mol. The number of hydrogen-bond donors (Lipinski definition) is 1. The molecule has 0 aliphatic heterocycles. The molecule has 2 aromatic heterocycles. The molecule has 0 saturated carbocycles. The molecule has 2 aromatic rings. The molecule has 5 nitrogen and oxygen atoms in total. The summed E-state index contributed by atoms with van der Waals surface area (Å²) < 4.78 is 0. The Balaban J connectivity index is 2.57. The summed E-state index contributed by atoms with van der Waals surface area (Å²) in [7, 11) is 0. The third kappa shape index (κ3) is 2.68. The predicted octanol–water partition coefficient (Wildman–Crippen LogP) is 2.25. The Labute approximate surface area is 112 Å². The van der Waals surface area contributed by atoms with Crippen LogP contribution in [0, 0.1) is 18.3 Å². The Bertz CT molecular complexity index is 643. The standard InChI is InChI=1S/C14H15N5/c1-3-4-12-18-13(9(2)14(16)19-12)11-5-10(6-15)7-17-8-11/h5,7-8H,3-4H2,1-2H3,(H2,16,18,19). The maximum absolute atomic E-state index is 8.92. The Morgan fingerprint density at radius 3 is 2.79 bits per heavy atom. The molecule has 2 rings (SSSR count). The lowest BCUT2D eigenvalue weighted by Crippen LogP contribution is -2.05. The van der Waals surface area contributed by atoms with Crippen molar-refractivity contribution in [3.05, 3.63) is 35.4 Å². The molecule has 0 fully saturated rings. The molecular formula is C14H15N5. The van der Waals surface area contributed by atoms with Crippen LogP contribution in [-0.4, -0.2) is 15.0 Å². The van der Waals surface area contributed by atoms with Gasteiger partial charge in [0.2, 0.25) is 0 Å². The highest BCUT2D eigenvalue weighted by Crippen LogP contribution is 2.24. The van der Waals surface area contributed by atoms with Crippen LogP contribution in [0.3, 0.4) is 0 Å². The minimum Gasteiger partial charge on any atom is -0.383 e. The van der Waals surface area contributed by atoms with Gasteiger partial charge in [-0.3, -0.25) is 4.98 Å². The molecule has 0 bridgehead atoms. The van der Waals surface area contributed by atoms with E-state index < -0.39 is 0 Å². The second kappa shape index (κ2) is 5.44. The number of anilines is 1. The van der Waals surface area contributed by atoms with E-state index in [0.717, 1.165) is 35.5 Å². The van der Waals surface area contributed by atoms with Crippen molar-refractivity contribution in [2.45, 2.75) is 26.7 Å². The van der Waals surface area contributed by atoms with Crippen molar-refractivity contribution < 1.29 is 0 Å². The summed E-state index contributed by atoms with van der Waals surface area (Å²) in [6.07, 6.45) is 4.95. The number of rotatable bonds is 3. The third-order valence-corrected chi connectivity index (χ3v) is 2.84. The number of nitriles is 1. The van der Waals surface area contributed by atoms with Gasteiger partial charge in [-0.2, -0.15) is 5.26 Å². The number of nitrogens with two attached hydrogens (primary N) is 1. The van der Waals surface area contributed by atoms with E-state index in [2.05, 4.69) is 27.9 Å². The summed E-state index contributed by atoms with van der Waals surface area (Å²) in [5.41, 5.74) is 8.79. The Kier molecular flexibility index (Phi) is 3.71. The molecular weight excluding hydrogens is 238 g/mol. The van der Waals surface area contributed by atoms with Crippen LogP contribution in [0.2, 0.25) is 0 Å². The fraction of sp³-hybridized carbons (Fsp3) is 0.286. The molecule has 0 amide bonds. The normalized spacial score (nSPS) is 10.2. The van der Waals surface area contributed by atoms with Gasteiger partial charge in [0.1, 0.15) is 17.7 Å². The van der Waals surface area contributed by atoms with E-state index in [1.807, 2.05) is 6.92 Å². The van der Waals surface area contributed by atoms with Gasteiger partial charge in [0.15, 0.2) is 0 Å². The van der Waals surface area contributed by atoms with Gasteiger partial charge in [-0.05, 0) is 19.4 Å². The first kappa shape index (κ1) is 13.0. The summed E-state index contributed by atoms with van der Waals surface area (Å²) in [5.74, 6) is 1.21. The van der Waals surface area contributed by atoms with E-state index in [1.54, 1.807) is 12.3 Å². The molecule has 0 aromatic carbocycles. The Morgan fingerprint density at radius 2 is 2.11 bits per heavy atom. The van der Waals surface area contributed by atoms with Crippen LogP contribution in [0.1, 0.15) is 30.3 Å². The maximum Gasteiger partial charge on any atom is 0.131 e. The van der Waals surface area contributed by atoms with Gasteiger partial charge in [0, 0.05) is 29.9 Å². The molecule has 19 heavy (non-hydrogen) atoms. The Morgan fingerprint density at radius 1 is 1.32 bits per heavy atom. The van der Waals surface area contributed by atoms with E-state index in [9.17, 15) is 0 Å². The molecule has 0 aliphatic carbocycles. The monoisotopic (exact) mass is 253 g/mol. The topological polar surface area (TPSA) is 88.5 Å². The van der Waals surface area contributed by atoms with Crippen molar-refractivity contribution in [3.63, 3.8) is 0 Å². The number of aromatic nitrogens is 3. The van der Waals surface area contributed by atoms with E-state index in [-0.39, 0.29) is 0 Å². The first-order chi connectivity index (χ1) is 9.15. The van der Waals surface area contributed by atoms with E-state index in [0.29, 0.717) is 11.4 Å². The van der Waals surface area contributed by atoms with Crippen LogP contribution in [0.4, 0.5) is 5.82 Å². The van der Waals surface area contributed by atoms with Crippen LogP contribution in [0.5, 0.6) is 0 Å². The molecule has 0 saturated heterocycles. The minimum absolute atomic E-state index is 0.482. The second-order valence-corrected chi connectivity index (χ2v) is 4.32. The highest BCUT2D eigenvalue weighted by Gasteiger charge is 2.11. The van der Waals surface area contributed by atoms with Crippen LogP contribution in [0.15, 0.2) is 18.5 Å². The van der Waals surface area contributed by atoms with Crippen LogP contribution >= 0.6 is 0 Å². The van der Waals surface area contributed by atoms with Gasteiger partial charge in [0.25, 0.3) is 0 Å². The zero-order valence-electron chi connectivity index (χ0n) is 11.0. The lowest BCUT2D eigenvalue weighted by atomic mass is 10.1. The average Bonchev–Trinajstić information content (AvgIpc) is 2.43. The van der Waals surface area contributed by atoms with Gasteiger partial charge in [0.05, 0.1) is 11.3 Å². The largest absolute Gasteiger partial charge is 0.383 e. The van der Waals surface area contributed by atoms with Crippen molar-refractivity contribution in [2.75, 3.05) is 5.73 Å². The molecule has 2 N–H and O–H groups in total. The zero-order valence-corrected chi connectivity index (χ0v) is 11.0. The third-order valence-electron chi connectivity index (χ3n) is 2.84. The van der Waals surface area contributed by atoms with Crippen molar-refractivity contribution in [2.24, 2.45) is 0 Å². The SMILES string of the molecule is CCCc1nc(N)c(C)c(-c2cncc(C#N)c2)n1.